The third kappa shape index (κ3) is 3.88. The molecule has 0 spiro atoms. The number of halogens is 1. The number of carbonyl (C=O) groups excluding carboxylic acids is 1. The number of aliphatic hydroxyl groups is 1. The maximum Gasteiger partial charge on any atom is 0.252 e. The lowest BCUT2D eigenvalue weighted by atomic mass is 9.89. The first-order valence-corrected chi connectivity index (χ1v) is 6.68. The molecule has 1 aromatic rings. The molecule has 1 rings (SSSR count). The molecule has 1 atom stereocenters. The summed E-state index contributed by atoms with van der Waals surface area (Å²) in [5, 5.41) is 14.3. The molecule has 16 heavy (non-hydrogen) atoms. The van der Waals surface area contributed by atoms with E-state index in [2.05, 4.69) is 21.2 Å². The zero-order chi connectivity index (χ0) is 12.3. The van der Waals surface area contributed by atoms with Crippen LogP contribution in [0.5, 0.6) is 0 Å². The molecule has 0 aliphatic carbocycles. The van der Waals surface area contributed by atoms with Crippen LogP contribution in [0.15, 0.2) is 15.2 Å². The van der Waals surface area contributed by atoms with Gasteiger partial charge in [-0.2, -0.15) is 0 Å². The smallest absolute Gasteiger partial charge is 0.252 e. The first-order valence-electron chi connectivity index (χ1n) is 5.01. The third-order valence-electron chi connectivity index (χ3n) is 2.29. The fraction of sp³-hybridized carbons (Fsp3) is 0.545. The highest BCUT2D eigenvalue weighted by Crippen LogP contribution is 2.21. The van der Waals surface area contributed by atoms with Crippen LogP contribution in [0.25, 0.3) is 0 Å². The maximum atomic E-state index is 11.7. The normalized spacial score (nSPS) is 13.6. The van der Waals surface area contributed by atoms with Crippen molar-refractivity contribution in [3.8, 4) is 0 Å². The van der Waals surface area contributed by atoms with E-state index in [-0.39, 0.29) is 17.9 Å². The van der Waals surface area contributed by atoms with E-state index in [1.165, 1.54) is 11.3 Å². The molecule has 1 unspecified atom stereocenters. The van der Waals surface area contributed by atoms with E-state index >= 15 is 0 Å². The standard InChI is InChI=1S/C11H16BrNO2S/c1-11(2,3)8(14)5-13-10(15)7-4-9(12)16-6-7/h4,6,8,14H,5H2,1-3H3,(H,13,15). The summed E-state index contributed by atoms with van der Waals surface area (Å²) in [7, 11) is 0. The minimum atomic E-state index is -0.543. The number of nitrogens with one attached hydrogen (secondary N) is 1. The largest absolute Gasteiger partial charge is 0.391 e. The monoisotopic (exact) mass is 305 g/mol. The van der Waals surface area contributed by atoms with Gasteiger partial charge in [0.1, 0.15) is 0 Å². The van der Waals surface area contributed by atoms with Gasteiger partial charge in [-0.3, -0.25) is 4.79 Å². The molecule has 5 heteroatoms. The third-order valence-corrected chi connectivity index (χ3v) is 3.79. The van der Waals surface area contributed by atoms with Crippen molar-refractivity contribution in [3.63, 3.8) is 0 Å². The highest BCUT2D eigenvalue weighted by molar-refractivity contribution is 9.11. The van der Waals surface area contributed by atoms with Crippen LogP contribution in [-0.2, 0) is 0 Å². The Morgan fingerprint density at radius 2 is 2.25 bits per heavy atom. The van der Waals surface area contributed by atoms with Crippen molar-refractivity contribution < 1.29 is 9.90 Å². The lowest BCUT2D eigenvalue weighted by Gasteiger charge is -2.25. The summed E-state index contributed by atoms with van der Waals surface area (Å²) >= 11 is 4.77. The number of rotatable bonds is 3. The van der Waals surface area contributed by atoms with Crippen molar-refractivity contribution in [2.45, 2.75) is 26.9 Å². The molecule has 2 N–H and O–H groups in total. The number of carbonyl (C=O) groups is 1. The molecular weight excluding hydrogens is 290 g/mol. The van der Waals surface area contributed by atoms with Gasteiger partial charge < -0.3 is 10.4 Å². The van der Waals surface area contributed by atoms with Crippen LogP contribution >= 0.6 is 27.3 Å². The van der Waals surface area contributed by atoms with E-state index in [1.807, 2.05) is 20.8 Å². The van der Waals surface area contributed by atoms with Crippen LogP contribution < -0.4 is 5.32 Å². The molecule has 0 radical (unpaired) electrons. The summed E-state index contributed by atoms with van der Waals surface area (Å²) in [5.41, 5.74) is 0.403. The number of hydrogen-bond donors (Lipinski definition) is 2. The van der Waals surface area contributed by atoms with Gasteiger partial charge >= 0.3 is 0 Å². The Balaban J connectivity index is 2.48. The van der Waals surface area contributed by atoms with Gasteiger partial charge in [-0.15, -0.1) is 11.3 Å². The fourth-order valence-electron chi connectivity index (χ4n) is 1.03. The minimum absolute atomic E-state index is 0.148. The van der Waals surface area contributed by atoms with E-state index in [4.69, 9.17) is 0 Å². The predicted molar refractivity (Wildman–Crippen MR) is 69.8 cm³/mol. The van der Waals surface area contributed by atoms with Crippen molar-refractivity contribution >= 4 is 33.2 Å². The van der Waals surface area contributed by atoms with E-state index in [9.17, 15) is 9.90 Å². The molecule has 0 aliphatic rings. The Kier molecular flexibility index (Phi) is 4.52. The Bertz CT molecular complexity index is 370. The summed E-state index contributed by atoms with van der Waals surface area (Å²) < 4.78 is 0.925. The van der Waals surface area contributed by atoms with Crippen molar-refractivity contribution in [1.82, 2.24) is 5.32 Å². The van der Waals surface area contributed by atoms with Crippen molar-refractivity contribution in [3.05, 3.63) is 20.8 Å². The first-order chi connectivity index (χ1) is 7.30. The quantitative estimate of drug-likeness (QED) is 0.902. The van der Waals surface area contributed by atoms with Gasteiger partial charge in [-0.05, 0) is 27.4 Å². The molecule has 0 aliphatic heterocycles. The summed E-state index contributed by atoms with van der Waals surface area (Å²) in [6.07, 6.45) is -0.543. The van der Waals surface area contributed by atoms with Gasteiger partial charge in [-0.1, -0.05) is 20.8 Å². The average molecular weight is 306 g/mol. The Morgan fingerprint density at radius 3 is 2.69 bits per heavy atom. The maximum absolute atomic E-state index is 11.7. The Morgan fingerprint density at radius 1 is 1.62 bits per heavy atom. The highest BCUT2D eigenvalue weighted by atomic mass is 79.9. The molecule has 1 amide bonds. The second-order valence-electron chi connectivity index (χ2n) is 4.73. The molecule has 0 bridgehead atoms. The summed E-state index contributed by atoms with van der Waals surface area (Å²) in [6.45, 7) is 6.08. The van der Waals surface area contributed by atoms with E-state index in [0.717, 1.165) is 3.79 Å². The van der Waals surface area contributed by atoms with E-state index in [0.29, 0.717) is 5.56 Å². The molecular formula is C11H16BrNO2S. The molecule has 0 saturated carbocycles. The summed E-state index contributed by atoms with van der Waals surface area (Å²) in [5.74, 6) is -0.148. The van der Waals surface area contributed by atoms with Crippen LogP contribution in [-0.4, -0.2) is 23.7 Å². The highest BCUT2D eigenvalue weighted by Gasteiger charge is 2.22. The first kappa shape index (κ1) is 13.7. The second kappa shape index (κ2) is 5.29. The average Bonchev–Trinajstić information content (AvgIpc) is 2.59. The molecule has 1 heterocycles. The second-order valence-corrected chi connectivity index (χ2v) is 7.02. The molecule has 0 aromatic carbocycles. The topological polar surface area (TPSA) is 49.3 Å². The number of hydrogen-bond acceptors (Lipinski definition) is 3. The van der Waals surface area contributed by atoms with Crippen LogP contribution in [0.3, 0.4) is 0 Å². The van der Waals surface area contributed by atoms with Gasteiger partial charge in [0.05, 0.1) is 15.5 Å². The van der Waals surface area contributed by atoms with Gasteiger partial charge in [0.25, 0.3) is 5.91 Å². The van der Waals surface area contributed by atoms with Crippen LogP contribution in [0.2, 0.25) is 0 Å². The molecule has 1 aromatic heterocycles. The van der Waals surface area contributed by atoms with Crippen LogP contribution in [0.4, 0.5) is 0 Å². The van der Waals surface area contributed by atoms with Crippen molar-refractivity contribution in [2.24, 2.45) is 5.41 Å². The number of amides is 1. The summed E-state index contributed by atoms with van der Waals surface area (Å²) in [4.78, 5) is 11.7. The molecule has 0 fully saturated rings. The zero-order valence-corrected chi connectivity index (χ0v) is 12.0. The van der Waals surface area contributed by atoms with Crippen LogP contribution in [0, 0.1) is 5.41 Å². The Hall–Kier alpha value is -0.390. The van der Waals surface area contributed by atoms with E-state index in [1.54, 1.807) is 11.4 Å². The molecule has 90 valence electrons. The van der Waals surface area contributed by atoms with Gasteiger partial charge in [0.15, 0.2) is 0 Å². The lowest BCUT2D eigenvalue weighted by Crippen LogP contribution is -2.39. The van der Waals surface area contributed by atoms with Crippen molar-refractivity contribution in [2.75, 3.05) is 6.54 Å². The SMILES string of the molecule is CC(C)(C)C(O)CNC(=O)c1csc(Br)c1. The fourth-order valence-corrected chi connectivity index (χ4v) is 2.16. The van der Waals surface area contributed by atoms with E-state index < -0.39 is 6.10 Å². The number of thiophene rings is 1. The van der Waals surface area contributed by atoms with Gasteiger partial charge in [0, 0.05) is 11.9 Å². The zero-order valence-electron chi connectivity index (χ0n) is 9.58. The summed E-state index contributed by atoms with van der Waals surface area (Å²) in [6, 6.07) is 1.77. The number of aliphatic hydroxyl groups excluding tert-OH is 1. The minimum Gasteiger partial charge on any atom is -0.391 e. The van der Waals surface area contributed by atoms with Gasteiger partial charge in [-0.25, -0.2) is 0 Å². The predicted octanol–water partition coefficient (Wildman–Crippen LogP) is 2.65. The van der Waals surface area contributed by atoms with Crippen molar-refractivity contribution in [1.29, 1.82) is 0 Å². The van der Waals surface area contributed by atoms with Crippen LogP contribution in [0.1, 0.15) is 31.1 Å². The molecule has 3 nitrogen and oxygen atoms in total. The Labute approximate surface area is 108 Å². The van der Waals surface area contributed by atoms with Gasteiger partial charge in [0.2, 0.25) is 0 Å². The molecule has 0 saturated heterocycles. The lowest BCUT2D eigenvalue weighted by molar-refractivity contribution is 0.0587.